The molecule has 2 aliphatic rings. The fourth-order valence-corrected chi connectivity index (χ4v) is 5.32. The SMILES string of the molecule is O=CC1CCN(c2ccc([C@H]3c4ccc(O)cc4CC[C@H]3c3ccccn3)cc2)CC1. The highest BCUT2D eigenvalue weighted by molar-refractivity contribution is 5.56. The topological polar surface area (TPSA) is 53.4 Å². The zero-order chi connectivity index (χ0) is 21.2. The third-order valence-electron chi connectivity index (χ3n) is 7.01. The average Bonchev–Trinajstić information content (AvgIpc) is 2.84. The van der Waals surface area contributed by atoms with Crippen molar-refractivity contribution in [2.24, 2.45) is 5.92 Å². The number of aryl methyl sites for hydroxylation is 1. The molecule has 0 saturated carbocycles. The van der Waals surface area contributed by atoms with Crippen LogP contribution in [0.4, 0.5) is 5.69 Å². The summed E-state index contributed by atoms with van der Waals surface area (Å²) >= 11 is 0. The van der Waals surface area contributed by atoms with Gasteiger partial charge in [0.15, 0.2) is 0 Å². The van der Waals surface area contributed by atoms with Crippen LogP contribution in [0.1, 0.15) is 53.5 Å². The van der Waals surface area contributed by atoms with E-state index in [1.807, 2.05) is 18.3 Å². The monoisotopic (exact) mass is 412 g/mol. The third kappa shape index (κ3) is 3.95. The van der Waals surface area contributed by atoms with Crippen molar-refractivity contribution in [1.29, 1.82) is 0 Å². The highest BCUT2D eigenvalue weighted by Crippen LogP contribution is 2.46. The number of aromatic hydroxyl groups is 1. The fraction of sp³-hybridized carbons (Fsp3) is 0.333. The van der Waals surface area contributed by atoms with Crippen LogP contribution in [0.15, 0.2) is 66.9 Å². The summed E-state index contributed by atoms with van der Waals surface area (Å²) in [7, 11) is 0. The molecule has 2 heterocycles. The molecule has 1 aromatic heterocycles. The van der Waals surface area contributed by atoms with Crippen LogP contribution in [0.3, 0.4) is 0 Å². The van der Waals surface area contributed by atoms with Crippen LogP contribution in [0.2, 0.25) is 0 Å². The second kappa shape index (κ2) is 8.54. The number of fused-ring (bicyclic) bond motifs is 1. The molecule has 31 heavy (non-hydrogen) atoms. The number of nitrogens with zero attached hydrogens (tertiary/aromatic N) is 2. The quantitative estimate of drug-likeness (QED) is 0.608. The summed E-state index contributed by atoms with van der Waals surface area (Å²) < 4.78 is 0. The minimum Gasteiger partial charge on any atom is -0.508 e. The lowest BCUT2D eigenvalue weighted by atomic mass is 9.70. The Morgan fingerprint density at radius 2 is 1.77 bits per heavy atom. The van der Waals surface area contributed by atoms with Gasteiger partial charge in [0.2, 0.25) is 0 Å². The number of phenolic OH excluding ortho intramolecular Hbond substituents is 1. The van der Waals surface area contributed by atoms with Crippen molar-refractivity contribution in [2.75, 3.05) is 18.0 Å². The summed E-state index contributed by atoms with van der Waals surface area (Å²) in [4.78, 5) is 18.1. The van der Waals surface area contributed by atoms with Crippen molar-refractivity contribution in [2.45, 2.75) is 37.5 Å². The molecule has 0 amide bonds. The molecule has 3 aromatic rings. The molecule has 158 valence electrons. The molecule has 0 bridgehead atoms. The van der Waals surface area contributed by atoms with Crippen LogP contribution in [0, 0.1) is 5.92 Å². The van der Waals surface area contributed by atoms with Crippen LogP contribution in [-0.2, 0) is 11.2 Å². The van der Waals surface area contributed by atoms with Gasteiger partial charge in [-0.1, -0.05) is 24.3 Å². The van der Waals surface area contributed by atoms with E-state index in [1.54, 1.807) is 6.07 Å². The molecule has 1 saturated heterocycles. The number of pyridine rings is 1. The predicted octanol–water partition coefficient (Wildman–Crippen LogP) is 5.06. The molecule has 5 rings (SSSR count). The molecule has 4 nitrogen and oxygen atoms in total. The zero-order valence-electron chi connectivity index (χ0n) is 17.7. The molecule has 4 heteroatoms. The number of piperidine rings is 1. The summed E-state index contributed by atoms with van der Waals surface area (Å²) in [5.74, 6) is 1.08. The van der Waals surface area contributed by atoms with Gasteiger partial charge in [0.05, 0.1) is 0 Å². The van der Waals surface area contributed by atoms with Gasteiger partial charge < -0.3 is 14.8 Å². The van der Waals surface area contributed by atoms with Crippen molar-refractivity contribution in [3.8, 4) is 5.75 Å². The number of anilines is 1. The minimum absolute atomic E-state index is 0.213. The van der Waals surface area contributed by atoms with E-state index in [-0.39, 0.29) is 11.8 Å². The highest BCUT2D eigenvalue weighted by Gasteiger charge is 2.33. The molecule has 1 aliphatic heterocycles. The lowest BCUT2D eigenvalue weighted by Gasteiger charge is -2.35. The van der Waals surface area contributed by atoms with Gasteiger partial charge in [0.25, 0.3) is 0 Å². The number of rotatable bonds is 4. The predicted molar refractivity (Wildman–Crippen MR) is 123 cm³/mol. The van der Waals surface area contributed by atoms with Crippen LogP contribution in [0.5, 0.6) is 5.75 Å². The van der Waals surface area contributed by atoms with Gasteiger partial charge in [-0.3, -0.25) is 4.98 Å². The number of phenols is 1. The second-order valence-electron chi connectivity index (χ2n) is 8.81. The van der Waals surface area contributed by atoms with E-state index in [9.17, 15) is 9.90 Å². The molecule has 2 aromatic carbocycles. The maximum atomic E-state index is 11.1. The van der Waals surface area contributed by atoms with Crippen LogP contribution >= 0.6 is 0 Å². The Hall–Kier alpha value is -3.14. The van der Waals surface area contributed by atoms with Crippen molar-refractivity contribution in [3.05, 3.63) is 89.2 Å². The first-order valence-electron chi connectivity index (χ1n) is 11.3. The van der Waals surface area contributed by atoms with E-state index < -0.39 is 0 Å². The third-order valence-corrected chi connectivity index (χ3v) is 7.01. The standard InChI is InChI=1S/C27H28N2O2/c30-18-19-12-15-29(16-13-19)22-7-4-20(5-8-22)27-24-11-9-23(31)17-21(24)6-10-25(27)26-3-1-2-14-28-26/h1-5,7-9,11,14,17-19,25,27,31H,6,10,12-13,15-16H2/t25-,27-/m0/s1. The number of aromatic nitrogens is 1. The Kier molecular flexibility index (Phi) is 5.46. The summed E-state index contributed by atoms with van der Waals surface area (Å²) in [6, 6.07) is 20.9. The van der Waals surface area contributed by atoms with E-state index >= 15 is 0 Å². The molecule has 0 radical (unpaired) electrons. The Balaban J connectivity index is 1.47. The van der Waals surface area contributed by atoms with Crippen molar-refractivity contribution in [3.63, 3.8) is 0 Å². The Morgan fingerprint density at radius 3 is 2.48 bits per heavy atom. The van der Waals surface area contributed by atoms with Crippen molar-refractivity contribution < 1.29 is 9.90 Å². The van der Waals surface area contributed by atoms with Crippen molar-refractivity contribution in [1.82, 2.24) is 4.98 Å². The van der Waals surface area contributed by atoms with E-state index in [0.29, 0.717) is 11.7 Å². The van der Waals surface area contributed by atoms with Gasteiger partial charge in [0, 0.05) is 48.4 Å². The first-order valence-corrected chi connectivity index (χ1v) is 11.3. The summed E-state index contributed by atoms with van der Waals surface area (Å²) in [6.07, 6.45) is 6.82. The number of benzene rings is 2. The maximum absolute atomic E-state index is 11.1. The highest BCUT2D eigenvalue weighted by atomic mass is 16.3. The van der Waals surface area contributed by atoms with Gasteiger partial charge in [-0.05, 0) is 78.8 Å². The molecule has 1 N–H and O–H groups in total. The first kappa shape index (κ1) is 19.8. The number of carbonyl (C=O) groups is 1. The van der Waals surface area contributed by atoms with E-state index in [0.717, 1.165) is 50.8 Å². The number of carbonyl (C=O) groups excluding carboxylic acids is 1. The molecule has 2 atom stereocenters. The molecular weight excluding hydrogens is 384 g/mol. The molecule has 0 spiro atoms. The van der Waals surface area contributed by atoms with Gasteiger partial charge >= 0.3 is 0 Å². The Labute approximate surface area is 183 Å². The van der Waals surface area contributed by atoms with Gasteiger partial charge in [0.1, 0.15) is 12.0 Å². The first-order chi connectivity index (χ1) is 15.2. The van der Waals surface area contributed by atoms with E-state index in [1.165, 1.54) is 22.4 Å². The lowest BCUT2D eigenvalue weighted by molar-refractivity contribution is -0.111. The van der Waals surface area contributed by atoms with E-state index in [4.69, 9.17) is 0 Å². The van der Waals surface area contributed by atoms with Crippen molar-refractivity contribution >= 4 is 12.0 Å². The lowest BCUT2D eigenvalue weighted by Crippen LogP contribution is -2.34. The summed E-state index contributed by atoms with van der Waals surface area (Å²) in [6.45, 7) is 1.87. The second-order valence-corrected chi connectivity index (χ2v) is 8.81. The molecule has 1 aliphatic carbocycles. The van der Waals surface area contributed by atoms with Gasteiger partial charge in [-0.25, -0.2) is 0 Å². The maximum Gasteiger partial charge on any atom is 0.123 e. The largest absolute Gasteiger partial charge is 0.508 e. The van der Waals surface area contributed by atoms with E-state index in [2.05, 4.69) is 52.3 Å². The van der Waals surface area contributed by atoms with Gasteiger partial charge in [-0.15, -0.1) is 0 Å². The summed E-state index contributed by atoms with van der Waals surface area (Å²) in [5, 5.41) is 10.0. The summed E-state index contributed by atoms with van der Waals surface area (Å²) in [5.41, 5.74) is 6.17. The van der Waals surface area contributed by atoms with Crippen LogP contribution < -0.4 is 4.90 Å². The Bertz CT molecular complexity index is 1040. The smallest absolute Gasteiger partial charge is 0.123 e. The number of hydrogen-bond donors (Lipinski definition) is 1. The minimum atomic E-state index is 0.213. The Morgan fingerprint density at radius 1 is 0.968 bits per heavy atom. The number of aldehydes is 1. The normalized spacial score (nSPS) is 21.5. The van der Waals surface area contributed by atoms with Gasteiger partial charge in [-0.2, -0.15) is 0 Å². The van der Waals surface area contributed by atoms with Crippen LogP contribution in [0.25, 0.3) is 0 Å². The average molecular weight is 413 g/mol. The molecule has 0 unspecified atom stereocenters. The van der Waals surface area contributed by atoms with Crippen LogP contribution in [-0.4, -0.2) is 29.5 Å². The fourth-order valence-electron chi connectivity index (χ4n) is 5.32. The number of hydrogen-bond acceptors (Lipinski definition) is 4. The molecule has 1 fully saturated rings. The zero-order valence-corrected chi connectivity index (χ0v) is 17.7. The molecular formula is C27H28N2O2.